The first-order valence-corrected chi connectivity index (χ1v) is 9.06. The second-order valence-corrected chi connectivity index (χ2v) is 7.19. The molecule has 4 atom stereocenters. The first kappa shape index (κ1) is 24.2. The van der Waals surface area contributed by atoms with Gasteiger partial charge in [0.25, 0.3) is 0 Å². The van der Waals surface area contributed by atoms with E-state index in [2.05, 4.69) is 4.74 Å². The molecule has 1 rings (SSSR count). The Labute approximate surface area is 164 Å². The highest BCUT2D eigenvalue weighted by Crippen LogP contribution is 2.46. The summed E-state index contributed by atoms with van der Waals surface area (Å²) in [7, 11) is 2.51. The lowest BCUT2D eigenvalue weighted by molar-refractivity contribution is -0.337. The van der Waals surface area contributed by atoms with Crippen LogP contribution in [0.3, 0.4) is 0 Å². The predicted molar refractivity (Wildman–Crippen MR) is 97.1 cm³/mol. The van der Waals surface area contributed by atoms with Crippen molar-refractivity contribution in [2.75, 3.05) is 20.8 Å². The van der Waals surface area contributed by atoms with Gasteiger partial charge in [-0.1, -0.05) is 6.92 Å². The van der Waals surface area contributed by atoms with Crippen molar-refractivity contribution in [3.8, 4) is 0 Å². The largest absolute Gasteiger partial charge is 0.466 e. The van der Waals surface area contributed by atoms with E-state index in [-0.39, 0.29) is 19.3 Å². The van der Waals surface area contributed by atoms with Gasteiger partial charge in [0.15, 0.2) is 6.10 Å². The van der Waals surface area contributed by atoms with Crippen molar-refractivity contribution >= 4 is 18.2 Å². The number of aldehydes is 1. The van der Waals surface area contributed by atoms with Crippen LogP contribution in [-0.4, -0.2) is 73.4 Å². The van der Waals surface area contributed by atoms with Gasteiger partial charge in [0.2, 0.25) is 5.79 Å². The zero-order valence-corrected chi connectivity index (χ0v) is 17.0. The van der Waals surface area contributed by atoms with Crippen molar-refractivity contribution < 1.29 is 43.5 Å². The third-order valence-corrected chi connectivity index (χ3v) is 4.77. The molecule has 28 heavy (non-hydrogen) atoms. The summed E-state index contributed by atoms with van der Waals surface area (Å²) in [6.07, 6.45) is -1.01. The second-order valence-electron chi connectivity index (χ2n) is 7.19. The normalized spacial score (nSPS) is 27.9. The minimum absolute atomic E-state index is 0.0174. The van der Waals surface area contributed by atoms with Gasteiger partial charge in [-0.2, -0.15) is 0 Å². The monoisotopic (exact) mass is 402 g/mol. The van der Waals surface area contributed by atoms with Crippen molar-refractivity contribution in [1.29, 1.82) is 0 Å². The number of hydrogen-bond donors (Lipinski definition) is 2. The van der Waals surface area contributed by atoms with Crippen molar-refractivity contribution in [1.82, 2.24) is 0 Å². The van der Waals surface area contributed by atoms with Crippen molar-refractivity contribution in [3.63, 3.8) is 0 Å². The van der Waals surface area contributed by atoms with Gasteiger partial charge in [0.1, 0.15) is 6.29 Å². The number of carbonyl (C=O) groups is 3. The molecule has 0 amide bonds. The number of ether oxygens (including phenoxy) is 4. The zero-order valence-electron chi connectivity index (χ0n) is 17.0. The van der Waals surface area contributed by atoms with Crippen LogP contribution in [0.4, 0.5) is 0 Å². The van der Waals surface area contributed by atoms with Gasteiger partial charge >= 0.3 is 11.9 Å². The molecule has 0 aromatic carbocycles. The second kappa shape index (κ2) is 10.1. The Hall–Kier alpha value is -1.81. The van der Waals surface area contributed by atoms with Gasteiger partial charge in [-0.05, 0) is 25.8 Å². The quantitative estimate of drug-likeness (QED) is 0.322. The zero-order chi connectivity index (χ0) is 21.5. The fourth-order valence-corrected chi connectivity index (χ4v) is 3.18. The SMILES string of the molecule is CCC(=O)O[C@H]1C(=CC(=O)OC)CC(CC(O)CO)O[C@@]1(OC)C(C)(C)C=O. The van der Waals surface area contributed by atoms with Gasteiger partial charge in [-0.15, -0.1) is 0 Å². The molecule has 1 aliphatic heterocycles. The molecule has 1 fully saturated rings. The molecule has 1 aliphatic rings. The summed E-state index contributed by atoms with van der Waals surface area (Å²) in [5, 5.41) is 19.0. The molecule has 0 bridgehead atoms. The van der Waals surface area contributed by atoms with E-state index in [1.54, 1.807) is 20.8 Å². The molecule has 2 N–H and O–H groups in total. The third-order valence-electron chi connectivity index (χ3n) is 4.77. The summed E-state index contributed by atoms with van der Waals surface area (Å²) in [6.45, 7) is 4.23. The van der Waals surface area contributed by atoms with E-state index in [0.29, 0.717) is 11.9 Å². The Balaban J connectivity index is 3.55. The molecule has 0 aliphatic carbocycles. The molecule has 9 nitrogen and oxygen atoms in total. The Morgan fingerprint density at radius 2 is 2.04 bits per heavy atom. The standard InChI is InChI=1S/C19H30O9/c1-6-15(23)27-17-12(8-16(24)25-4)7-14(9-13(22)10-20)28-19(17,26-5)18(2,3)11-21/h8,11,13-14,17,20,22H,6-7,9-10H2,1-5H3/t13?,14?,17-,19+/m0/s1. The highest BCUT2D eigenvalue weighted by Gasteiger charge is 2.60. The number of rotatable bonds is 9. The van der Waals surface area contributed by atoms with Gasteiger partial charge in [0.05, 0.1) is 31.3 Å². The lowest BCUT2D eigenvalue weighted by Gasteiger charge is -2.51. The fourth-order valence-electron chi connectivity index (χ4n) is 3.18. The van der Waals surface area contributed by atoms with Crippen molar-refractivity contribution in [2.24, 2.45) is 5.41 Å². The number of aliphatic hydroxyl groups excluding tert-OH is 2. The van der Waals surface area contributed by atoms with Crippen LogP contribution in [-0.2, 0) is 33.3 Å². The summed E-state index contributed by atoms with van der Waals surface area (Å²) in [6, 6.07) is 0. The van der Waals surface area contributed by atoms with E-state index in [1.807, 2.05) is 0 Å². The molecule has 1 heterocycles. The van der Waals surface area contributed by atoms with E-state index < -0.39 is 48.1 Å². The average molecular weight is 402 g/mol. The maximum atomic E-state index is 12.1. The van der Waals surface area contributed by atoms with Gasteiger partial charge in [-0.3, -0.25) is 4.79 Å². The van der Waals surface area contributed by atoms with E-state index in [0.717, 1.165) is 0 Å². The maximum Gasteiger partial charge on any atom is 0.330 e. The molecule has 0 saturated carbocycles. The number of aliphatic hydroxyl groups is 2. The number of hydrogen-bond acceptors (Lipinski definition) is 9. The minimum atomic E-state index is -1.75. The smallest absolute Gasteiger partial charge is 0.330 e. The Bertz CT molecular complexity index is 598. The highest BCUT2D eigenvalue weighted by molar-refractivity contribution is 5.83. The molecule has 0 aromatic heterocycles. The first-order chi connectivity index (χ1) is 13.1. The molecule has 2 unspecified atom stereocenters. The van der Waals surface area contributed by atoms with E-state index in [9.17, 15) is 19.5 Å². The number of carbonyl (C=O) groups excluding carboxylic acids is 3. The molecule has 9 heteroatoms. The first-order valence-electron chi connectivity index (χ1n) is 9.06. The summed E-state index contributed by atoms with van der Waals surface area (Å²) < 4.78 is 21.9. The number of esters is 2. The molecule has 160 valence electrons. The fraction of sp³-hybridized carbons (Fsp3) is 0.737. The minimum Gasteiger partial charge on any atom is -0.466 e. The maximum absolute atomic E-state index is 12.1. The summed E-state index contributed by atoms with van der Waals surface area (Å²) >= 11 is 0. The summed E-state index contributed by atoms with van der Waals surface area (Å²) in [5.41, 5.74) is -0.967. The molecule has 0 radical (unpaired) electrons. The van der Waals surface area contributed by atoms with Gasteiger partial charge in [0, 0.05) is 26.0 Å². The molecular formula is C19H30O9. The molecular weight excluding hydrogens is 372 g/mol. The van der Waals surface area contributed by atoms with E-state index >= 15 is 0 Å². The molecule has 0 aromatic rings. The Kier molecular flexibility index (Phi) is 8.75. The topological polar surface area (TPSA) is 129 Å². The lowest BCUT2D eigenvalue weighted by atomic mass is 9.75. The van der Waals surface area contributed by atoms with Crippen LogP contribution in [0.1, 0.15) is 40.0 Å². The van der Waals surface area contributed by atoms with E-state index in [4.69, 9.17) is 19.3 Å². The summed E-state index contributed by atoms with van der Waals surface area (Å²) in [4.78, 5) is 35.8. The van der Waals surface area contributed by atoms with Crippen LogP contribution in [0, 0.1) is 5.41 Å². The van der Waals surface area contributed by atoms with Gasteiger partial charge in [-0.25, -0.2) is 4.79 Å². The van der Waals surface area contributed by atoms with Crippen LogP contribution >= 0.6 is 0 Å². The van der Waals surface area contributed by atoms with E-state index in [1.165, 1.54) is 20.3 Å². The van der Waals surface area contributed by atoms with Gasteiger partial charge < -0.3 is 34.0 Å². The molecule has 0 spiro atoms. The van der Waals surface area contributed by atoms with Crippen molar-refractivity contribution in [3.05, 3.63) is 11.6 Å². The van der Waals surface area contributed by atoms with Crippen LogP contribution < -0.4 is 0 Å². The van der Waals surface area contributed by atoms with Crippen LogP contribution in [0.2, 0.25) is 0 Å². The molecule has 1 saturated heterocycles. The van der Waals surface area contributed by atoms with Crippen molar-refractivity contribution in [2.45, 2.75) is 64.1 Å². The lowest BCUT2D eigenvalue weighted by Crippen LogP contribution is -2.64. The van der Waals surface area contributed by atoms with Crippen LogP contribution in [0.25, 0.3) is 0 Å². The Morgan fingerprint density at radius 1 is 1.39 bits per heavy atom. The average Bonchev–Trinajstić information content (AvgIpc) is 2.68. The Morgan fingerprint density at radius 3 is 2.50 bits per heavy atom. The summed E-state index contributed by atoms with van der Waals surface area (Å²) in [5.74, 6) is -3.00. The number of methoxy groups -OCH3 is 2. The highest BCUT2D eigenvalue weighted by atomic mass is 16.7. The van der Waals surface area contributed by atoms with Crippen LogP contribution in [0.5, 0.6) is 0 Å². The third kappa shape index (κ3) is 5.16. The predicted octanol–water partition coefficient (Wildman–Crippen LogP) is 0.508. The van der Waals surface area contributed by atoms with Crippen LogP contribution in [0.15, 0.2) is 11.6 Å².